The van der Waals surface area contributed by atoms with Gasteiger partial charge < -0.3 is 28.4 Å². The van der Waals surface area contributed by atoms with E-state index in [9.17, 15) is 0 Å². The SMILES string of the molecule is CC=COc1cc(C(C)(C)c2cc(OC=CC)c(C)c(OCCC)c2OCCC)c(OCCC)c(OCCC)c1C. The molecule has 6 heteroatoms. The highest BCUT2D eigenvalue weighted by Gasteiger charge is 2.36. The van der Waals surface area contributed by atoms with Crippen molar-refractivity contribution in [2.75, 3.05) is 26.4 Å². The second kappa shape index (κ2) is 16.9. The minimum Gasteiger partial charge on any atom is -0.489 e. The van der Waals surface area contributed by atoms with Gasteiger partial charge in [0.2, 0.25) is 0 Å². The summed E-state index contributed by atoms with van der Waals surface area (Å²) in [6.45, 7) is 22.9. The summed E-state index contributed by atoms with van der Waals surface area (Å²) in [4.78, 5) is 0. The molecule has 6 nitrogen and oxygen atoms in total. The summed E-state index contributed by atoms with van der Waals surface area (Å²) >= 11 is 0. The Morgan fingerprint density at radius 2 is 0.878 bits per heavy atom. The zero-order valence-corrected chi connectivity index (χ0v) is 27.1. The van der Waals surface area contributed by atoms with Gasteiger partial charge in [0, 0.05) is 27.7 Å². The Morgan fingerprint density at radius 1 is 0.561 bits per heavy atom. The minimum absolute atomic E-state index is 0.563. The van der Waals surface area contributed by atoms with Gasteiger partial charge in [0.1, 0.15) is 11.5 Å². The van der Waals surface area contributed by atoms with Gasteiger partial charge in [-0.05, 0) is 65.5 Å². The molecule has 2 aromatic carbocycles. The largest absolute Gasteiger partial charge is 0.489 e. The molecule has 2 rings (SSSR count). The van der Waals surface area contributed by atoms with Crippen LogP contribution < -0.4 is 28.4 Å². The Hall–Kier alpha value is -3.28. The van der Waals surface area contributed by atoms with Crippen molar-refractivity contribution in [1.82, 2.24) is 0 Å². The number of rotatable bonds is 18. The van der Waals surface area contributed by atoms with E-state index >= 15 is 0 Å². The van der Waals surface area contributed by atoms with Crippen molar-refractivity contribution in [1.29, 1.82) is 0 Å². The average Bonchev–Trinajstić information content (AvgIpc) is 2.96. The lowest BCUT2D eigenvalue weighted by molar-refractivity contribution is 0.255. The summed E-state index contributed by atoms with van der Waals surface area (Å²) in [6, 6.07) is 4.14. The van der Waals surface area contributed by atoms with Crippen LogP contribution in [0, 0.1) is 13.8 Å². The molecule has 0 amide bonds. The van der Waals surface area contributed by atoms with Gasteiger partial charge in [-0.15, -0.1) is 0 Å². The van der Waals surface area contributed by atoms with Gasteiger partial charge in [0.05, 0.1) is 39.0 Å². The van der Waals surface area contributed by atoms with Crippen molar-refractivity contribution in [2.24, 2.45) is 0 Å². The van der Waals surface area contributed by atoms with Crippen molar-refractivity contribution >= 4 is 0 Å². The summed E-state index contributed by atoms with van der Waals surface area (Å²) in [6.07, 6.45) is 10.6. The fourth-order valence-electron chi connectivity index (χ4n) is 4.47. The molecule has 0 N–H and O–H groups in total. The Labute approximate surface area is 248 Å². The van der Waals surface area contributed by atoms with E-state index in [2.05, 4.69) is 53.7 Å². The third kappa shape index (κ3) is 8.37. The fourth-order valence-corrected chi connectivity index (χ4v) is 4.47. The Balaban J connectivity index is 3.01. The zero-order chi connectivity index (χ0) is 30.4. The van der Waals surface area contributed by atoms with Gasteiger partial charge in [0.15, 0.2) is 23.0 Å². The lowest BCUT2D eigenvalue weighted by Gasteiger charge is -2.33. The molecule has 0 aliphatic rings. The van der Waals surface area contributed by atoms with Crippen molar-refractivity contribution < 1.29 is 28.4 Å². The quantitative estimate of drug-likeness (QED) is 0.167. The first-order valence-corrected chi connectivity index (χ1v) is 15.2. The predicted octanol–water partition coefficient (Wildman–Crippen LogP) is 9.61. The normalized spacial score (nSPS) is 11.8. The molecular weight excluding hydrogens is 516 g/mol. The van der Waals surface area contributed by atoms with Crippen LogP contribution in [-0.2, 0) is 5.41 Å². The van der Waals surface area contributed by atoms with Gasteiger partial charge in [0.25, 0.3) is 0 Å². The molecule has 0 radical (unpaired) electrons. The molecule has 2 aromatic rings. The van der Waals surface area contributed by atoms with E-state index in [1.54, 1.807) is 12.5 Å². The standard InChI is InChI=1S/C35H52O6/c1-11-17-36-29-23-27(33(40-21-15-5)31(25(29)7)38-19-13-3)35(9,10)28-24-30(37-18-12-2)26(8)32(39-20-14-4)34(28)41-22-16-6/h11-12,17-18,23-24H,13-16,19-22H2,1-10H3. The molecule has 0 aromatic heterocycles. The second-order valence-electron chi connectivity index (χ2n) is 10.6. The van der Waals surface area contributed by atoms with Crippen molar-refractivity contribution in [3.63, 3.8) is 0 Å². The molecule has 0 spiro atoms. The van der Waals surface area contributed by atoms with Crippen LogP contribution in [0.2, 0.25) is 0 Å². The van der Waals surface area contributed by atoms with Gasteiger partial charge in [-0.3, -0.25) is 0 Å². The molecule has 0 saturated carbocycles. The molecule has 0 bridgehead atoms. The van der Waals surface area contributed by atoms with Gasteiger partial charge >= 0.3 is 0 Å². The summed E-state index contributed by atoms with van der Waals surface area (Å²) in [5.74, 6) is 4.31. The van der Waals surface area contributed by atoms with Crippen LogP contribution >= 0.6 is 0 Å². The number of ether oxygens (including phenoxy) is 6. The maximum absolute atomic E-state index is 6.48. The van der Waals surface area contributed by atoms with Gasteiger partial charge in [-0.25, -0.2) is 0 Å². The van der Waals surface area contributed by atoms with Crippen molar-refractivity contribution in [3.05, 3.63) is 59.1 Å². The molecule has 0 saturated heterocycles. The first-order valence-electron chi connectivity index (χ1n) is 15.2. The van der Waals surface area contributed by atoms with Crippen molar-refractivity contribution in [2.45, 2.75) is 100 Å². The maximum Gasteiger partial charge on any atom is 0.168 e. The molecule has 0 aliphatic carbocycles. The van der Waals surface area contributed by atoms with E-state index in [0.717, 1.165) is 70.9 Å². The summed E-state index contributed by atoms with van der Waals surface area (Å²) in [5.41, 5.74) is 3.05. The van der Waals surface area contributed by atoms with Crippen molar-refractivity contribution in [3.8, 4) is 34.5 Å². The molecule has 228 valence electrons. The van der Waals surface area contributed by atoms with Crippen LogP contribution in [0.1, 0.15) is 103 Å². The second-order valence-corrected chi connectivity index (χ2v) is 10.6. The molecule has 0 heterocycles. The maximum atomic E-state index is 6.48. The Bertz CT molecular complexity index is 1070. The number of allylic oxidation sites excluding steroid dienone is 2. The molecule has 0 atom stereocenters. The average molecular weight is 569 g/mol. The third-order valence-corrected chi connectivity index (χ3v) is 6.68. The van der Waals surface area contributed by atoms with Crippen LogP contribution in [0.15, 0.2) is 36.8 Å². The Kier molecular flexibility index (Phi) is 13.9. The van der Waals surface area contributed by atoms with E-state index in [1.807, 2.05) is 39.8 Å². The lowest BCUT2D eigenvalue weighted by atomic mass is 9.76. The van der Waals surface area contributed by atoms with E-state index in [1.165, 1.54) is 0 Å². The minimum atomic E-state index is -0.621. The van der Waals surface area contributed by atoms with E-state index in [4.69, 9.17) is 28.4 Å². The zero-order valence-electron chi connectivity index (χ0n) is 27.1. The summed E-state index contributed by atoms with van der Waals surface area (Å²) in [5, 5.41) is 0. The van der Waals surface area contributed by atoms with Crippen LogP contribution in [-0.4, -0.2) is 26.4 Å². The molecular formula is C35H52O6. The highest BCUT2D eigenvalue weighted by molar-refractivity contribution is 5.66. The number of hydrogen-bond acceptors (Lipinski definition) is 6. The fraction of sp³-hybridized carbons (Fsp3) is 0.543. The smallest absolute Gasteiger partial charge is 0.168 e. The van der Waals surface area contributed by atoms with E-state index in [-0.39, 0.29) is 0 Å². The van der Waals surface area contributed by atoms with Gasteiger partial charge in [-0.2, -0.15) is 0 Å². The van der Waals surface area contributed by atoms with Gasteiger partial charge in [-0.1, -0.05) is 53.7 Å². The summed E-state index contributed by atoms with van der Waals surface area (Å²) < 4.78 is 37.9. The topological polar surface area (TPSA) is 55.4 Å². The highest BCUT2D eigenvalue weighted by atomic mass is 16.5. The van der Waals surface area contributed by atoms with Crippen LogP contribution in [0.5, 0.6) is 34.5 Å². The van der Waals surface area contributed by atoms with Crippen LogP contribution in [0.3, 0.4) is 0 Å². The Morgan fingerprint density at radius 3 is 1.17 bits per heavy atom. The molecule has 0 aliphatic heterocycles. The highest BCUT2D eigenvalue weighted by Crippen LogP contribution is 2.52. The summed E-state index contributed by atoms with van der Waals surface area (Å²) in [7, 11) is 0. The third-order valence-electron chi connectivity index (χ3n) is 6.68. The molecule has 41 heavy (non-hydrogen) atoms. The van der Waals surface area contributed by atoms with E-state index in [0.29, 0.717) is 37.9 Å². The first kappa shape index (κ1) is 33.9. The van der Waals surface area contributed by atoms with Crippen LogP contribution in [0.25, 0.3) is 0 Å². The molecule has 0 fully saturated rings. The van der Waals surface area contributed by atoms with E-state index < -0.39 is 5.41 Å². The molecule has 0 unspecified atom stereocenters. The first-order chi connectivity index (χ1) is 19.7. The lowest BCUT2D eigenvalue weighted by Crippen LogP contribution is -2.23. The number of benzene rings is 2. The number of hydrogen-bond donors (Lipinski definition) is 0. The van der Waals surface area contributed by atoms with Crippen LogP contribution in [0.4, 0.5) is 0 Å². The predicted molar refractivity (Wildman–Crippen MR) is 169 cm³/mol. The monoisotopic (exact) mass is 568 g/mol.